The molecule has 1 atom stereocenters. The molecule has 0 aromatic heterocycles. The fraction of sp³-hybridized carbons (Fsp3) is 0.579. The van der Waals surface area contributed by atoms with Crippen molar-refractivity contribution in [2.75, 3.05) is 0 Å². The molecule has 3 N–H and O–H groups in total. The summed E-state index contributed by atoms with van der Waals surface area (Å²) < 4.78 is 77.5. The Kier molecular flexibility index (Phi) is 8.97. The number of nitrogens with one attached hydrogen (secondary N) is 1. The summed E-state index contributed by atoms with van der Waals surface area (Å²) in [4.78, 5) is 23.8. The highest BCUT2D eigenvalue weighted by Gasteiger charge is 2.37. The van der Waals surface area contributed by atoms with E-state index >= 15 is 0 Å². The second-order valence-electron chi connectivity index (χ2n) is 6.78. The van der Waals surface area contributed by atoms with E-state index < -0.39 is 46.9 Å². The molecule has 0 aliphatic rings. The minimum absolute atomic E-state index is 0.0708. The van der Waals surface area contributed by atoms with Crippen molar-refractivity contribution in [2.24, 2.45) is 5.73 Å². The van der Waals surface area contributed by atoms with Gasteiger partial charge in [-0.25, -0.2) is 0 Å². The minimum Gasteiger partial charge on any atom is -0.368 e. The van der Waals surface area contributed by atoms with Crippen LogP contribution in [0.1, 0.15) is 73.4 Å². The van der Waals surface area contributed by atoms with Gasteiger partial charge in [0, 0.05) is 5.56 Å². The van der Waals surface area contributed by atoms with Crippen LogP contribution in [0.5, 0.6) is 0 Å². The Morgan fingerprint density at radius 1 is 0.897 bits per heavy atom. The fourth-order valence-corrected chi connectivity index (χ4v) is 2.74. The van der Waals surface area contributed by atoms with Gasteiger partial charge < -0.3 is 11.1 Å². The van der Waals surface area contributed by atoms with Gasteiger partial charge in [0.15, 0.2) is 0 Å². The largest absolute Gasteiger partial charge is 0.416 e. The van der Waals surface area contributed by atoms with Gasteiger partial charge in [-0.2, -0.15) is 26.3 Å². The van der Waals surface area contributed by atoms with Gasteiger partial charge in [-0.1, -0.05) is 45.4 Å². The number of amides is 2. The lowest BCUT2D eigenvalue weighted by atomic mass is 10.0. The van der Waals surface area contributed by atoms with E-state index in [2.05, 4.69) is 12.2 Å². The first kappa shape index (κ1) is 24.8. The van der Waals surface area contributed by atoms with E-state index in [1.54, 1.807) is 0 Å². The first-order valence-electron chi connectivity index (χ1n) is 9.26. The molecule has 0 bridgehead atoms. The van der Waals surface area contributed by atoms with Crippen molar-refractivity contribution in [3.05, 3.63) is 34.9 Å². The van der Waals surface area contributed by atoms with E-state index in [9.17, 15) is 35.9 Å². The Bertz CT molecular complexity index is 669. The summed E-state index contributed by atoms with van der Waals surface area (Å²) in [7, 11) is 0. The van der Waals surface area contributed by atoms with Crippen molar-refractivity contribution in [1.29, 1.82) is 0 Å². The van der Waals surface area contributed by atoms with Crippen molar-refractivity contribution >= 4 is 11.8 Å². The third kappa shape index (κ3) is 8.33. The third-order valence-electron chi connectivity index (χ3n) is 4.34. The molecule has 0 aliphatic carbocycles. The second kappa shape index (κ2) is 10.5. The summed E-state index contributed by atoms with van der Waals surface area (Å²) in [6.07, 6.45) is -4.65. The number of carbonyl (C=O) groups excluding carboxylic acids is 2. The van der Waals surface area contributed by atoms with E-state index in [4.69, 9.17) is 5.73 Å². The zero-order valence-corrected chi connectivity index (χ0v) is 15.9. The average Bonchev–Trinajstić information content (AvgIpc) is 2.61. The van der Waals surface area contributed by atoms with E-state index in [0.717, 1.165) is 32.1 Å². The zero-order chi connectivity index (χ0) is 22.2. The zero-order valence-electron chi connectivity index (χ0n) is 15.9. The van der Waals surface area contributed by atoms with Crippen molar-refractivity contribution in [3.8, 4) is 0 Å². The monoisotopic (exact) mass is 426 g/mol. The van der Waals surface area contributed by atoms with Gasteiger partial charge >= 0.3 is 12.4 Å². The van der Waals surface area contributed by atoms with Crippen LogP contribution in [0.15, 0.2) is 18.2 Å². The summed E-state index contributed by atoms with van der Waals surface area (Å²) in [5.41, 5.74) is 1.15. The second-order valence-corrected chi connectivity index (χ2v) is 6.78. The average molecular weight is 426 g/mol. The number of hydrogen-bond acceptors (Lipinski definition) is 2. The Morgan fingerprint density at radius 3 is 1.83 bits per heavy atom. The van der Waals surface area contributed by atoms with Crippen LogP contribution in [-0.2, 0) is 17.1 Å². The molecule has 1 aromatic rings. The molecule has 0 heterocycles. The summed E-state index contributed by atoms with van der Waals surface area (Å²) in [5, 5.41) is 2.14. The van der Waals surface area contributed by atoms with Crippen molar-refractivity contribution < 1.29 is 35.9 Å². The van der Waals surface area contributed by atoms with Crippen LogP contribution in [0, 0.1) is 0 Å². The maximum atomic E-state index is 12.9. The lowest BCUT2D eigenvalue weighted by Gasteiger charge is -2.17. The molecule has 0 aliphatic heterocycles. The minimum atomic E-state index is -5.07. The van der Waals surface area contributed by atoms with Gasteiger partial charge in [0.05, 0.1) is 11.1 Å². The number of halogens is 6. The Hall–Kier alpha value is -2.26. The van der Waals surface area contributed by atoms with Crippen LogP contribution in [0.4, 0.5) is 26.3 Å². The Balaban J connectivity index is 2.93. The van der Waals surface area contributed by atoms with Crippen molar-refractivity contribution in [3.63, 3.8) is 0 Å². The fourth-order valence-electron chi connectivity index (χ4n) is 2.74. The predicted octanol–water partition coefficient (Wildman–Crippen LogP) is 5.06. The lowest BCUT2D eigenvalue weighted by molar-refractivity contribution is -0.143. The number of unbranched alkanes of at least 4 members (excludes halogenated alkanes) is 5. The normalized spacial score (nSPS) is 13.2. The smallest absolute Gasteiger partial charge is 0.368 e. The van der Waals surface area contributed by atoms with Crippen LogP contribution in [-0.4, -0.2) is 17.9 Å². The third-order valence-corrected chi connectivity index (χ3v) is 4.34. The van der Waals surface area contributed by atoms with Crippen LogP contribution in [0.2, 0.25) is 0 Å². The van der Waals surface area contributed by atoms with Crippen LogP contribution < -0.4 is 11.1 Å². The quantitative estimate of drug-likeness (QED) is 0.406. The van der Waals surface area contributed by atoms with E-state index in [0.29, 0.717) is 18.6 Å². The first-order valence-corrected chi connectivity index (χ1v) is 9.26. The molecule has 10 heteroatoms. The molecule has 4 nitrogen and oxygen atoms in total. The van der Waals surface area contributed by atoms with Crippen molar-refractivity contribution in [2.45, 2.75) is 70.3 Å². The Morgan fingerprint density at radius 2 is 1.38 bits per heavy atom. The molecule has 0 unspecified atom stereocenters. The van der Waals surface area contributed by atoms with Crippen LogP contribution >= 0.6 is 0 Å². The van der Waals surface area contributed by atoms with Gasteiger partial charge in [-0.15, -0.1) is 0 Å². The van der Waals surface area contributed by atoms with Crippen LogP contribution in [0.3, 0.4) is 0 Å². The number of rotatable bonds is 10. The number of nitrogens with two attached hydrogens (primary N) is 1. The highest BCUT2D eigenvalue weighted by atomic mass is 19.4. The van der Waals surface area contributed by atoms with Crippen molar-refractivity contribution in [1.82, 2.24) is 5.32 Å². The molecule has 0 saturated carbocycles. The molecule has 1 aromatic carbocycles. The van der Waals surface area contributed by atoms with Gasteiger partial charge in [-0.3, -0.25) is 9.59 Å². The maximum absolute atomic E-state index is 12.9. The van der Waals surface area contributed by atoms with Gasteiger partial charge in [-0.05, 0) is 24.6 Å². The van der Waals surface area contributed by atoms with E-state index in [1.165, 1.54) is 0 Å². The van der Waals surface area contributed by atoms with Gasteiger partial charge in [0.25, 0.3) is 5.91 Å². The molecular weight excluding hydrogens is 402 g/mol. The molecule has 29 heavy (non-hydrogen) atoms. The van der Waals surface area contributed by atoms with Gasteiger partial charge in [0.1, 0.15) is 6.04 Å². The molecule has 0 spiro atoms. The Labute approximate surface area is 164 Å². The molecule has 0 fully saturated rings. The number of benzene rings is 1. The predicted molar refractivity (Wildman–Crippen MR) is 94.9 cm³/mol. The highest BCUT2D eigenvalue weighted by Crippen LogP contribution is 2.36. The molecule has 164 valence electrons. The lowest BCUT2D eigenvalue weighted by Crippen LogP contribution is -2.44. The summed E-state index contributed by atoms with van der Waals surface area (Å²) in [6, 6.07) is -0.628. The van der Waals surface area contributed by atoms with E-state index in [-0.39, 0.29) is 12.5 Å². The standard InChI is InChI=1S/C19H24F6N2O2/c1-2-3-4-5-6-7-8-15(16(26)28)27-17(29)12-9-13(18(20,21)22)11-14(10-12)19(23,24)25/h9-11,15H,2-8H2,1H3,(H2,26,28)(H,27,29)/t15-/m1/s1. The number of primary amides is 1. The number of alkyl halides is 6. The highest BCUT2D eigenvalue weighted by molar-refractivity contribution is 5.97. The molecule has 1 rings (SSSR count). The SMILES string of the molecule is CCCCCCCC[C@@H](NC(=O)c1cc(C(F)(F)F)cc(C(F)(F)F)c1)C(N)=O. The molecule has 0 saturated heterocycles. The maximum Gasteiger partial charge on any atom is 0.416 e. The number of hydrogen-bond donors (Lipinski definition) is 2. The number of carbonyl (C=O) groups is 2. The summed E-state index contributed by atoms with van der Waals surface area (Å²) in [5.74, 6) is -2.13. The topological polar surface area (TPSA) is 72.2 Å². The first-order chi connectivity index (χ1) is 13.4. The molecule has 2 amide bonds. The molecular formula is C19H24F6N2O2. The van der Waals surface area contributed by atoms with Gasteiger partial charge in [0.2, 0.25) is 5.91 Å². The molecule has 0 radical (unpaired) electrons. The van der Waals surface area contributed by atoms with Crippen LogP contribution in [0.25, 0.3) is 0 Å². The summed E-state index contributed by atoms with van der Waals surface area (Å²) in [6.45, 7) is 2.05. The van der Waals surface area contributed by atoms with E-state index in [1.807, 2.05) is 0 Å². The summed E-state index contributed by atoms with van der Waals surface area (Å²) >= 11 is 0.